The van der Waals surface area contributed by atoms with Crippen LogP contribution in [0, 0.1) is 0 Å². The van der Waals surface area contributed by atoms with Crippen molar-refractivity contribution in [2.75, 3.05) is 26.7 Å². The molecule has 2 aromatic rings. The van der Waals surface area contributed by atoms with E-state index in [1.807, 2.05) is 42.5 Å². The first-order chi connectivity index (χ1) is 12.7. The number of hydrogen-bond donors (Lipinski definition) is 1. The average molecular weight is 354 g/mol. The Bertz CT molecular complexity index is 652. The Morgan fingerprint density at radius 1 is 1.04 bits per heavy atom. The van der Waals surface area contributed by atoms with Gasteiger partial charge in [0.25, 0.3) is 0 Å². The largest absolute Gasteiger partial charge is 0.497 e. The number of rotatable bonds is 10. The van der Waals surface area contributed by atoms with Gasteiger partial charge in [-0.25, -0.2) is 0 Å². The average Bonchev–Trinajstić information content (AvgIpc) is 2.70. The molecule has 0 saturated heterocycles. The molecule has 0 heterocycles. The number of aryl methyl sites for hydroxylation is 1. The minimum atomic E-state index is -0.229. The van der Waals surface area contributed by atoms with Crippen molar-refractivity contribution < 1.29 is 9.53 Å². The second-order valence-corrected chi connectivity index (χ2v) is 6.28. The van der Waals surface area contributed by atoms with Crippen molar-refractivity contribution in [1.82, 2.24) is 10.2 Å². The fourth-order valence-electron chi connectivity index (χ4n) is 3.15. The second-order valence-electron chi connectivity index (χ2n) is 6.28. The molecule has 0 bridgehead atoms. The number of nitrogens with one attached hydrogen (secondary N) is 1. The zero-order valence-corrected chi connectivity index (χ0v) is 16.1. The first-order valence-electron chi connectivity index (χ1n) is 9.39. The molecule has 2 aromatic carbocycles. The van der Waals surface area contributed by atoms with Gasteiger partial charge in [-0.05, 0) is 49.2 Å². The van der Waals surface area contributed by atoms with E-state index in [1.54, 1.807) is 7.11 Å². The minimum Gasteiger partial charge on any atom is -0.497 e. The van der Waals surface area contributed by atoms with E-state index in [0.29, 0.717) is 6.54 Å². The summed E-state index contributed by atoms with van der Waals surface area (Å²) in [5.74, 6) is 0.946. The van der Waals surface area contributed by atoms with E-state index < -0.39 is 0 Å². The van der Waals surface area contributed by atoms with Crippen LogP contribution >= 0.6 is 0 Å². The number of amides is 1. The number of carbonyl (C=O) groups excluding carboxylic acids is 1. The predicted octanol–water partition coefficient (Wildman–Crippen LogP) is 3.83. The highest BCUT2D eigenvalue weighted by Crippen LogP contribution is 2.20. The van der Waals surface area contributed by atoms with Crippen LogP contribution in [0.2, 0.25) is 0 Å². The van der Waals surface area contributed by atoms with Gasteiger partial charge in [-0.1, -0.05) is 56.3 Å². The third-order valence-corrected chi connectivity index (χ3v) is 4.64. The van der Waals surface area contributed by atoms with Gasteiger partial charge in [-0.2, -0.15) is 0 Å². The Morgan fingerprint density at radius 2 is 1.69 bits per heavy atom. The molecule has 1 atom stereocenters. The molecular formula is C22H30N2O2. The summed E-state index contributed by atoms with van der Waals surface area (Å²) in [5.41, 5.74) is 2.30. The number of methoxy groups -OCH3 is 1. The lowest BCUT2D eigenvalue weighted by Gasteiger charge is -2.29. The van der Waals surface area contributed by atoms with Gasteiger partial charge in [0.15, 0.2) is 0 Å². The molecule has 2 rings (SSSR count). The molecule has 0 aliphatic rings. The molecule has 26 heavy (non-hydrogen) atoms. The molecule has 0 saturated carbocycles. The Morgan fingerprint density at radius 3 is 2.27 bits per heavy atom. The summed E-state index contributed by atoms with van der Waals surface area (Å²) in [6.45, 7) is 6.55. The van der Waals surface area contributed by atoms with Crippen LogP contribution in [-0.2, 0) is 11.2 Å². The number of benzene rings is 2. The molecule has 0 aliphatic heterocycles. The van der Waals surface area contributed by atoms with Crippen LogP contribution < -0.4 is 10.1 Å². The lowest BCUT2D eigenvalue weighted by molar-refractivity contribution is -0.126. The van der Waals surface area contributed by atoms with Crippen LogP contribution in [0.3, 0.4) is 0 Å². The third kappa shape index (κ3) is 5.60. The summed E-state index contributed by atoms with van der Waals surface area (Å²) in [6.07, 6.45) is 1.85. The summed E-state index contributed by atoms with van der Waals surface area (Å²) < 4.78 is 5.18. The third-order valence-electron chi connectivity index (χ3n) is 4.64. The Kier molecular flexibility index (Phi) is 8.16. The molecule has 0 spiro atoms. The lowest BCUT2D eigenvalue weighted by Crippen LogP contribution is -2.41. The number of ether oxygens (including phenoxy) is 1. The highest BCUT2D eigenvalue weighted by atomic mass is 16.5. The van der Waals surface area contributed by atoms with E-state index >= 15 is 0 Å². The van der Waals surface area contributed by atoms with Crippen LogP contribution in [0.25, 0.3) is 0 Å². The van der Waals surface area contributed by atoms with Crippen LogP contribution in [0.1, 0.15) is 37.4 Å². The molecular weight excluding hydrogens is 324 g/mol. The molecule has 0 radical (unpaired) electrons. The van der Waals surface area contributed by atoms with Crippen molar-refractivity contribution >= 4 is 5.91 Å². The van der Waals surface area contributed by atoms with Crippen LogP contribution in [0.15, 0.2) is 54.6 Å². The van der Waals surface area contributed by atoms with Gasteiger partial charge in [-0.3, -0.25) is 9.69 Å². The number of nitrogens with zero attached hydrogens (tertiary/aromatic N) is 1. The normalized spacial score (nSPS) is 12.0. The maximum atomic E-state index is 12.8. The van der Waals surface area contributed by atoms with Crippen molar-refractivity contribution in [3.8, 4) is 5.75 Å². The number of carbonyl (C=O) groups is 1. The van der Waals surface area contributed by atoms with Gasteiger partial charge in [0.1, 0.15) is 11.8 Å². The van der Waals surface area contributed by atoms with Crippen molar-refractivity contribution in [2.45, 2.75) is 32.7 Å². The minimum absolute atomic E-state index is 0.0784. The fourth-order valence-corrected chi connectivity index (χ4v) is 3.15. The van der Waals surface area contributed by atoms with Crippen LogP contribution in [0.5, 0.6) is 5.75 Å². The SMILES string of the molecule is CCN(CC)C(C(=O)NCCCc1ccc(OC)cc1)c1ccccc1. The monoisotopic (exact) mass is 354 g/mol. The van der Waals surface area contributed by atoms with Gasteiger partial charge < -0.3 is 10.1 Å². The molecule has 1 amide bonds. The van der Waals surface area contributed by atoms with E-state index in [0.717, 1.165) is 37.2 Å². The number of likely N-dealkylation sites (N-methyl/N-ethyl adjacent to an activating group) is 1. The first-order valence-corrected chi connectivity index (χ1v) is 9.39. The van der Waals surface area contributed by atoms with Crippen molar-refractivity contribution in [1.29, 1.82) is 0 Å². The zero-order valence-electron chi connectivity index (χ0n) is 16.1. The van der Waals surface area contributed by atoms with E-state index in [2.05, 4.69) is 36.2 Å². The number of hydrogen-bond acceptors (Lipinski definition) is 3. The van der Waals surface area contributed by atoms with E-state index in [9.17, 15) is 4.79 Å². The summed E-state index contributed by atoms with van der Waals surface area (Å²) in [6, 6.07) is 17.9. The summed E-state index contributed by atoms with van der Waals surface area (Å²) in [7, 11) is 1.67. The molecule has 0 aliphatic carbocycles. The van der Waals surface area contributed by atoms with Gasteiger partial charge in [0.05, 0.1) is 7.11 Å². The van der Waals surface area contributed by atoms with E-state index in [4.69, 9.17) is 4.74 Å². The maximum absolute atomic E-state index is 12.8. The zero-order chi connectivity index (χ0) is 18.8. The fraction of sp³-hybridized carbons (Fsp3) is 0.409. The molecule has 0 aromatic heterocycles. The van der Waals surface area contributed by atoms with Crippen LogP contribution in [0.4, 0.5) is 0 Å². The summed E-state index contributed by atoms with van der Waals surface area (Å²) in [5, 5.41) is 3.12. The molecule has 1 N–H and O–H groups in total. The molecule has 4 nitrogen and oxygen atoms in total. The van der Waals surface area contributed by atoms with Crippen molar-refractivity contribution in [3.63, 3.8) is 0 Å². The van der Waals surface area contributed by atoms with Gasteiger partial charge in [-0.15, -0.1) is 0 Å². The Labute approximate surface area is 157 Å². The second kappa shape index (κ2) is 10.6. The summed E-state index contributed by atoms with van der Waals surface area (Å²) in [4.78, 5) is 15.0. The highest BCUT2D eigenvalue weighted by molar-refractivity contribution is 5.83. The Balaban J connectivity index is 1.90. The molecule has 140 valence electrons. The molecule has 0 fully saturated rings. The van der Waals surface area contributed by atoms with Gasteiger partial charge >= 0.3 is 0 Å². The quantitative estimate of drug-likeness (QED) is 0.660. The molecule has 4 heteroatoms. The highest BCUT2D eigenvalue weighted by Gasteiger charge is 2.25. The van der Waals surface area contributed by atoms with Crippen LogP contribution in [-0.4, -0.2) is 37.6 Å². The van der Waals surface area contributed by atoms with Gasteiger partial charge in [0.2, 0.25) is 5.91 Å². The van der Waals surface area contributed by atoms with Crippen molar-refractivity contribution in [3.05, 3.63) is 65.7 Å². The van der Waals surface area contributed by atoms with E-state index in [1.165, 1.54) is 5.56 Å². The van der Waals surface area contributed by atoms with E-state index in [-0.39, 0.29) is 11.9 Å². The molecule has 1 unspecified atom stereocenters. The predicted molar refractivity (Wildman–Crippen MR) is 106 cm³/mol. The lowest BCUT2D eigenvalue weighted by atomic mass is 10.0. The summed E-state index contributed by atoms with van der Waals surface area (Å²) >= 11 is 0. The smallest absolute Gasteiger partial charge is 0.241 e. The Hall–Kier alpha value is -2.33. The van der Waals surface area contributed by atoms with Gasteiger partial charge in [0, 0.05) is 6.54 Å². The topological polar surface area (TPSA) is 41.6 Å². The standard InChI is InChI=1S/C22H30N2O2/c1-4-24(5-2)21(19-11-7-6-8-12-19)22(25)23-17-9-10-18-13-15-20(26-3)16-14-18/h6-8,11-16,21H,4-5,9-10,17H2,1-3H3,(H,23,25). The van der Waals surface area contributed by atoms with Crippen molar-refractivity contribution in [2.24, 2.45) is 0 Å². The first kappa shape index (κ1) is 20.0. The maximum Gasteiger partial charge on any atom is 0.241 e.